The maximum absolute atomic E-state index is 11.2. The minimum Gasteiger partial charge on any atom is -0.469 e. The average molecular weight is 218 g/mol. The molecule has 0 radical (unpaired) electrons. The van der Waals surface area contributed by atoms with Crippen molar-refractivity contribution >= 4 is 17.9 Å². The number of esters is 3. The molecular formula is C9H14O6. The van der Waals surface area contributed by atoms with E-state index in [1.54, 1.807) is 0 Å². The Hall–Kier alpha value is -1.59. The van der Waals surface area contributed by atoms with E-state index in [0.717, 1.165) is 14.2 Å². The van der Waals surface area contributed by atoms with Crippen LogP contribution in [0.25, 0.3) is 0 Å². The predicted octanol–water partition coefficient (Wildman–Crippen LogP) is -0.242. The Morgan fingerprint density at radius 1 is 0.800 bits per heavy atom. The Bertz CT molecular complexity index is 243. The zero-order valence-corrected chi connectivity index (χ0v) is 9.10. The van der Waals surface area contributed by atoms with E-state index in [4.69, 9.17) is 0 Å². The molecule has 86 valence electrons. The highest BCUT2D eigenvalue weighted by Crippen LogP contribution is 2.16. The lowest BCUT2D eigenvalue weighted by molar-refractivity contribution is -0.167. The SMILES string of the molecule is COC(=O)C(C)C(C(=O)OC)C(=O)OC. The van der Waals surface area contributed by atoms with Crippen LogP contribution in [0.1, 0.15) is 6.92 Å². The minimum atomic E-state index is -1.28. The summed E-state index contributed by atoms with van der Waals surface area (Å²) in [6, 6.07) is 0. The van der Waals surface area contributed by atoms with Gasteiger partial charge in [-0.05, 0) is 0 Å². The molecule has 1 atom stereocenters. The molecule has 0 aliphatic carbocycles. The number of carbonyl (C=O) groups is 3. The van der Waals surface area contributed by atoms with Crippen LogP contribution in [-0.4, -0.2) is 39.2 Å². The lowest BCUT2D eigenvalue weighted by Gasteiger charge is -2.17. The Labute approximate surface area is 87.5 Å². The van der Waals surface area contributed by atoms with Gasteiger partial charge < -0.3 is 14.2 Å². The molecule has 0 spiro atoms. The second-order valence-corrected chi connectivity index (χ2v) is 2.84. The fourth-order valence-electron chi connectivity index (χ4n) is 1.08. The summed E-state index contributed by atoms with van der Waals surface area (Å²) in [7, 11) is 3.43. The molecule has 0 aliphatic rings. The van der Waals surface area contributed by atoms with E-state index < -0.39 is 29.7 Å². The summed E-state index contributed by atoms with van der Waals surface area (Å²) in [4.78, 5) is 33.6. The summed E-state index contributed by atoms with van der Waals surface area (Å²) in [5.74, 6) is -4.53. The molecule has 0 N–H and O–H groups in total. The molecule has 0 fully saturated rings. The van der Waals surface area contributed by atoms with Crippen LogP contribution >= 0.6 is 0 Å². The van der Waals surface area contributed by atoms with Gasteiger partial charge in [0, 0.05) is 0 Å². The van der Waals surface area contributed by atoms with Crippen LogP contribution < -0.4 is 0 Å². The fraction of sp³-hybridized carbons (Fsp3) is 0.667. The zero-order valence-electron chi connectivity index (χ0n) is 9.10. The number of rotatable bonds is 4. The second kappa shape index (κ2) is 6.00. The van der Waals surface area contributed by atoms with Crippen LogP contribution in [-0.2, 0) is 28.6 Å². The molecule has 6 nitrogen and oxygen atoms in total. The van der Waals surface area contributed by atoms with Gasteiger partial charge in [0.2, 0.25) is 0 Å². The normalized spacial score (nSPS) is 11.8. The predicted molar refractivity (Wildman–Crippen MR) is 48.7 cm³/mol. The quantitative estimate of drug-likeness (QED) is 0.368. The molecule has 0 heterocycles. The first-order valence-corrected chi connectivity index (χ1v) is 4.23. The highest BCUT2D eigenvalue weighted by atomic mass is 16.5. The standard InChI is InChI=1S/C9H14O6/c1-5(7(10)13-2)6(8(11)14-3)9(12)15-4/h5-6H,1-4H3. The van der Waals surface area contributed by atoms with Crippen molar-refractivity contribution in [2.24, 2.45) is 11.8 Å². The molecule has 0 aromatic carbocycles. The molecule has 0 rings (SSSR count). The third-order valence-corrected chi connectivity index (χ3v) is 1.98. The Kier molecular flexibility index (Phi) is 5.36. The topological polar surface area (TPSA) is 78.9 Å². The van der Waals surface area contributed by atoms with E-state index in [1.165, 1.54) is 14.0 Å². The van der Waals surface area contributed by atoms with Crippen molar-refractivity contribution in [1.29, 1.82) is 0 Å². The number of methoxy groups -OCH3 is 3. The molecule has 0 saturated carbocycles. The van der Waals surface area contributed by atoms with Gasteiger partial charge in [0.15, 0.2) is 5.92 Å². The lowest BCUT2D eigenvalue weighted by atomic mass is 9.94. The van der Waals surface area contributed by atoms with Gasteiger partial charge in [-0.3, -0.25) is 14.4 Å². The molecule has 1 unspecified atom stereocenters. The molecule has 0 amide bonds. The number of carbonyl (C=O) groups excluding carboxylic acids is 3. The third-order valence-electron chi connectivity index (χ3n) is 1.98. The molecule has 6 heteroatoms. The van der Waals surface area contributed by atoms with E-state index in [0.29, 0.717) is 0 Å². The second-order valence-electron chi connectivity index (χ2n) is 2.84. The van der Waals surface area contributed by atoms with Crippen LogP contribution in [0.15, 0.2) is 0 Å². The number of hydrogen-bond donors (Lipinski definition) is 0. The summed E-state index contributed by atoms with van der Waals surface area (Å²) in [5.41, 5.74) is 0. The van der Waals surface area contributed by atoms with Crippen molar-refractivity contribution in [1.82, 2.24) is 0 Å². The van der Waals surface area contributed by atoms with Crippen LogP contribution in [0.4, 0.5) is 0 Å². The summed E-state index contributed by atoms with van der Waals surface area (Å²) in [5, 5.41) is 0. The van der Waals surface area contributed by atoms with E-state index in [9.17, 15) is 14.4 Å². The van der Waals surface area contributed by atoms with E-state index in [2.05, 4.69) is 14.2 Å². The molecule has 0 aromatic rings. The fourth-order valence-corrected chi connectivity index (χ4v) is 1.08. The van der Waals surface area contributed by atoms with Crippen molar-refractivity contribution < 1.29 is 28.6 Å². The number of hydrogen-bond acceptors (Lipinski definition) is 6. The van der Waals surface area contributed by atoms with Crippen molar-refractivity contribution in [3.63, 3.8) is 0 Å². The maximum atomic E-state index is 11.2. The van der Waals surface area contributed by atoms with Gasteiger partial charge in [0.25, 0.3) is 0 Å². The lowest BCUT2D eigenvalue weighted by Crippen LogP contribution is -2.36. The monoisotopic (exact) mass is 218 g/mol. The average Bonchev–Trinajstić information content (AvgIpc) is 2.27. The van der Waals surface area contributed by atoms with Crippen LogP contribution in [0.3, 0.4) is 0 Å². The van der Waals surface area contributed by atoms with Crippen LogP contribution in [0.2, 0.25) is 0 Å². The van der Waals surface area contributed by atoms with Gasteiger partial charge in [0.1, 0.15) is 0 Å². The Balaban J connectivity index is 4.85. The Morgan fingerprint density at radius 2 is 1.13 bits per heavy atom. The van der Waals surface area contributed by atoms with Crippen molar-refractivity contribution in [3.8, 4) is 0 Å². The van der Waals surface area contributed by atoms with Crippen molar-refractivity contribution in [2.45, 2.75) is 6.92 Å². The van der Waals surface area contributed by atoms with Gasteiger partial charge in [-0.25, -0.2) is 0 Å². The smallest absolute Gasteiger partial charge is 0.320 e. The van der Waals surface area contributed by atoms with Gasteiger partial charge in [-0.15, -0.1) is 0 Å². The van der Waals surface area contributed by atoms with Crippen molar-refractivity contribution in [2.75, 3.05) is 21.3 Å². The van der Waals surface area contributed by atoms with Gasteiger partial charge >= 0.3 is 17.9 Å². The molecule has 0 bridgehead atoms. The van der Waals surface area contributed by atoms with Gasteiger partial charge in [-0.2, -0.15) is 0 Å². The molecular weight excluding hydrogens is 204 g/mol. The summed E-state index contributed by atoms with van der Waals surface area (Å²) in [6.45, 7) is 1.39. The van der Waals surface area contributed by atoms with E-state index in [1.807, 2.05) is 0 Å². The zero-order chi connectivity index (χ0) is 12.0. The third kappa shape index (κ3) is 3.23. The Morgan fingerprint density at radius 3 is 1.40 bits per heavy atom. The highest BCUT2D eigenvalue weighted by molar-refractivity contribution is 5.98. The largest absolute Gasteiger partial charge is 0.469 e. The van der Waals surface area contributed by atoms with Crippen LogP contribution in [0.5, 0.6) is 0 Å². The van der Waals surface area contributed by atoms with E-state index >= 15 is 0 Å². The van der Waals surface area contributed by atoms with Gasteiger partial charge in [-0.1, -0.05) is 6.92 Å². The van der Waals surface area contributed by atoms with E-state index in [-0.39, 0.29) is 0 Å². The van der Waals surface area contributed by atoms with Gasteiger partial charge in [0.05, 0.1) is 27.2 Å². The highest BCUT2D eigenvalue weighted by Gasteiger charge is 2.38. The summed E-state index contributed by atoms with van der Waals surface area (Å²) >= 11 is 0. The summed E-state index contributed by atoms with van der Waals surface area (Å²) in [6.07, 6.45) is 0. The summed E-state index contributed by atoms with van der Waals surface area (Å²) < 4.78 is 13.2. The first-order chi connectivity index (χ1) is 6.99. The minimum absolute atomic E-state index is 0.671. The first kappa shape index (κ1) is 13.4. The maximum Gasteiger partial charge on any atom is 0.320 e. The number of ether oxygens (including phenoxy) is 3. The molecule has 15 heavy (non-hydrogen) atoms. The first-order valence-electron chi connectivity index (χ1n) is 4.23. The molecule has 0 aliphatic heterocycles. The molecule has 0 aromatic heterocycles. The van der Waals surface area contributed by atoms with Crippen LogP contribution in [0, 0.1) is 11.8 Å². The molecule has 0 saturated heterocycles. The van der Waals surface area contributed by atoms with Crippen molar-refractivity contribution in [3.05, 3.63) is 0 Å².